The summed E-state index contributed by atoms with van der Waals surface area (Å²) in [5, 5.41) is 4.03. The van der Waals surface area contributed by atoms with E-state index in [9.17, 15) is 14.4 Å². The molecule has 1 fully saturated rings. The number of hydrogen-bond donors (Lipinski definition) is 2. The number of amides is 4. The summed E-state index contributed by atoms with van der Waals surface area (Å²) in [6.07, 6.45) is 3.41. The highest BCUT2D eigenvalue weighted by Gasteiger charge is 2.48. The van der Waals surface area contributed by atoms with Crippen molar-refractivity contribution >= 4 is 17.8 Å². The molecule has 2 heterocycles. The van der Waals surface area contributed by atoms with Crippen LogP contribution in [-0.2, 0) is 9.59 Å². The predicted octanol–water partition coefficient (Wildman–Crippen LogP) is 1.25. The number of carbonyl (C=O) groups excluding carboxylic acids is 3. The number of ether oxygens (including phenoxy) is 1. The summed E-state index contributed by atoms with van der Waals surface area (Å²) in [7, 11) is 0. The van der Waals surface area contributed by atoms with E-state index in [0.29, 0.717) is 5.75 Å². The lowest BCUT2D eigenvalue weighted by atomic mass is 10.0. The number of carbonyl (C=O) groups is 3. The fourth-order valence-corrected chi connectivity index (χ4v) is 2.16. The monoisotopic (exact) mass is 311 g/mol. The summed E-state index contributed by atoms with van der Waals surface area (Å²) in [6, 6.07) is 9.76. The van der Waals surface area contributed by atoms with Gasteiger partial charge in [-0.1, -0.05) is 18.2 Å². The maximum Gasteiger partial charge on any atom is 0.328 e. The molecule has 0 saturated carbocycles. The molecule has 7 heteroatoms. The first kappa shape index (κ1) is 14.7. The molecule has 0 spiro atoms. The Labute approximate surface area is 131 Å². The minimum Gasteiger partial charge on any atom is -0.468 e. The maximum absolute atomic E-state index is 11.9. The van der Waals surface area contributed by atoms with E-state index in [2.05, 4.69) is 4.98 Å². The third-order valence-corrected chi connectivity index (χ3v) is 3.49. The number of hydrogen-bond acceptors (Lipinski definition) is 5. The lowest BCUT2D eigenvalue weighted by molar-refractivity contribution is -0.149. The van der Waals surface area contributed by atoms with Gasteiger partial charge in [0.15, 0.2) is 0 Å². The number of nitrogens with zero attached hydrogens (tertiary/aromatic N) is 1. The van der Waals surface area contributed by atoms with Crippen molar-refractivity contribution < 1.29 is 19.1 Å². The molecule has 0 unspecified atom stereocenters. The van der Waals surface area contributed by atoms with Gasteiger partial charge in [0, 0.05) is 12.4 Å². The first-order chi connectivity index (χ1) is 11.0. The summed E-state index contributed by atoms with van der Waals surface area (Å²) in [5.41, 5.74) is 0.0522. The molecule has 116 valence electrons. The Bertz CT molecular complexity index is 752. The zero-order valence-electron chi connectivity index (χ0n) is 12.2. The van der Waals surface area contributed by atoms with Gasteiger partial charge < -0.3 is 4.74 Å². The second-order valence-electron chi connectivity index (χ2n) is 5.14. The molecule has 1 aromatic carbocycles. The van der Waals surface area contributed by atoms with E-state index in [4.69, 9.17) is 4.74 Å². The van der Waals surface area contributed by atoms with Crippen LogP contribution < -0.4 is 15.4 Å². The minimum absolute atomic E-state index is 0.333. The van der Waals surface area contributed by atoms with E-state index in [1.165, 1.54) is 6.92 Å². The van der Waals surface area contributed by atoms with Crippen molar-refractivity contribution in [2.45, 2.75) is 12.5 Å². The van der Waals surface area contributed by atoms with E-state index in [1.54, 1.807) is 36.7 Å². The lowest BCUT2D eigenvalue weighted by Gasteiger charge is -2.30. The minimum atomic E-state index is -1.80. The van der Waals surface area contributed by atoms with Crippen molar-refractivity contribution in [3.63, 3.8) is 0 Å². The molecule has 1 saturated heterocycles. The number of barbiturate groups is 1. The Kier molecular flexibility index (Phi) is 3.53. The number of pyridine rings is 1. The first-order valence-electron chi connectivity index (χ1n) is 6.85. The molecule has 2 N–H and O–H groups in total. The molecule has 0 radical (unpaired) electrons. The second kappa shape index (κ2) is 5.53. The van der Waals surface area contributed by atoms with Crippen LogP contribution in [0.5, 0.6) is 5.75 Å². The zero-order valence-corrected chi connectivity index (χ0v) is 12.2. The van der Waals surface area contributed by atoms with Crippen LogP contribution in [0.3, 0.4) is 0 Å². The van der Waals surface area contributed by atoms with Crippen LogP contribution in [0.25, 0.3) is 11.1 Å². The highest BCUT2D eigenvalue weighted by molar-refractivity contribution is 6.21. The van der Waals surface area contributed by atoms with Gasteiger partial charge in [-0.25, -0.2) is 4.79 Å². The van der Waals surface area contributed by atoms with E-state index in [-0.39, 0.29) is 0 Å². The Hall–Kier alpha value is -3.22. The summed E-state index contributed by atoms with van der Waals surface area (Å²) in [4.78, 5) is 39.0. The molecular weight excluding hydrogens is 298 g/mol. The Morgan fingerprint density at radius 3 is 2.17 bits per heavy atom. The quantitative estimate of drug-likeness (QED) is 0.832. The van der Waals surface area contributed by atoms with Crippen LogP contribution in [0, 0.1) is 0 Å². The number of benzene rings is 1. The summed E-state index contributed by atoms with van der Waals surface area (Å²) < 4.78 is 5.51. The molecule has 1 aromatic heterocycles. The van der Waals surface area contributed by atoms with Crippen molar-refractivity contribution in [3.05, 3.63) is 48.8 Å². The average Bonchev–Trinajstić information content (AvgIpc) is 2.54. The fraction of sp³-hybridized carbons (Fsp3) is 0.125. The normalized spacial score (nSPS) is 16.5. The molecule has 2 aromatic rings. The number of aromatic nitrogens is 1. The van der Waals surface area contributed by atoms with Gasteiger partial charge in [-0.3, -0.25) is 25.2 Å². The second-order valence-corrected chi connectivity index (χ2v) is 5.14. The topological polar surface area (TPSA) is 97.4 Å². The standard InChI is InChI=1S/C16H13N3O4/c1-16(13(20)18-15(22)19-14(16)21)23-12-6-4-10(5-7-12)11-3-2-8-17-9-11/h2-9H,1H3,(H2,18,19,20,21,22). The first-order valence-corrected chi connectivity index (χ1v) is 6.85. The lowest BCUT2D eigenvalue weighted by Crippen LogP contribution is -2.67. The van der Waals surface area contributed by atoms with E-state index in [0.717, 1.165) is 11.1 Å². The zero-order chi connectivity index (χ0) is 16.4. The molecule has 1 aliphatic heterocycles. The van der Waals surface area contributed by atoms with Gasteiger partial charge in [0.2, 0.25) is 0 Å². The van der Waals surface area contributed by atoms with E-state index >= 15 is 0 Å². The van der Waals surface area contributed by atoms with Gasteiger partial charge in [-0.2, -0.15) is 0 Å². The molecule has 3 rings (SSSR count). The van der Waals surface area contributed by atoms with Crippen molar-refractivity contribution in [1.82, 2.24) is 15.6 Å². The van der Waals surface area contributed by atoms with Crippen LogP contribution in [0.15, 0.2) is 48.8 Å². The number of nitrogens with one attached hydrogen (secondary N) is 2. The van der Waals surface area contributed by atoms with Gasteiger partial charge in [-0.15, -0.1) is 0 Å². The van der Waals surface area contributed by atoms with Crippen LogP contribution in [-0.4, -0.2) is 28.4 Å². The van der Waals surface area contributed by atoms with Gasteiger partial charge in [0.05, 0.1) is 0 Å². The van der Waals surface area contributed by atoms with Crippen LogP contribution in [0.1, 0.15) is 6.92 Å². The summed E-state index contributed by atoms with van der Waals surface area (Å²) >= 11 is 0. The molecule has 0 aliphatic carbocycles. The van der Waals surface area contributed by atoms with Crippen LogP contribution in [0.4, 0.5) is 4.79 Å². The third kappa shape index (κ3) is 2.76. The van der Waals surface area contributed by atoms with Crippen molar-refractivity contribution in [2.75, 3.05) is 0 Å². The summed E-state index contributed by atoms with van der Waals surface area (Å²) in [6.45, 7) is 1.30. The van der Waals surface area contributed by atoms with Crippen LogP contribution >= 0.6 is 0 Å². The van der Waals surface area contributed by atoms with E-state index < -0.39 is 23.4 Å². The maximum atomic E-state index is 11.9. The van der Waals surface area contributed by atoms with Crippen molar-refractivity contribution in [3.8, 4) is 16.9 Å². The predicted molar refractivity (Wildman–Crippen MR) is 80.4 cm³/mol. The molecule has 4 amide bonds. The number of imide groups is 2. The summed E-state index contributed by atoms with van der Waals surface area (Å²) in [5.74, 6) is -1.27. The smallest absolute Gasteiger partial charge is 0.328 e. The Morgan fingerprint density at radius 1 is 0.957 bits per heavy atom. The third-order valence-electron chi connectivity index (χ3n) is 3.49. The number of urea groups is 1. The highest BCUT2D eigenvalue weighted by atomic mass is 16.5. The average molecular weight is 311 g/mol. The Morgan fingerprint density at radius 2 is 1.61 bits per heavy atom. The SMILES string of the molecule is CC1(Oc2ccc(-c3cccnc3)cc2)C(=O)NC(=O)NC1=O. The molecule has 23 heavy (non-hydrogen) atoms. The molecule has 7 nitrogen and oxygen atoms in total. The largest absolute Gasteiger partial charge is 0.468 e. The van der Waals surface area contributed by atoms with Gasteiger partial charge in [0.25, 0.3) is 17.4 Å². The van der Waals surface area contributed by atoms with Gasteiger partial charge in [-0.05, 0) is 36.2 Å². The number of rotatable bonds is 3. The van der Waals surface area contributed by atoms with Gasteiger partial charge in [0.1, 0.15) is 5.75 Å². The molecule has 0 atom stereocenters. The van der Waals surface area contributed by atoms with Crippen LogP contribution in [0.2, 0.25) is 0 Å². The van der Waals surface area contributed by atoms with E-state index in [1.807, 2.05) is 22.8 Å². The highest BCUT2D eigenvalue weighted by Crippen LogP contribution is 2.25. The van der Waals surface area contributed by atoms with Crippen molar-refractivity contribution in [2.24, 2.45) is 0 Å². The molecule has 0 bridgehead atoms. The molecular formula is C16H13N3O4. The molecule has 1 aliphatic rings. The Balaban J connectivity index is 1.82. The van der Waals surface area contributed by atoms with Crippen molar-refractivity contribution in [1.29, 1.82) is 0 Å². The fourth-order valence-electron chi connectivity index (χ4n) is 2.16. The van der Waals surface area contributed by atoms with Gasteiger partial charge >= 0.3 is 6.03 Å².